The van der Waals surface area contributed by atoms with E-state index in [4.69, 9.17) is 32.4 Å². The second-order valence-electron chi connectivity index (χ2n) is 7.98. The molecular weight excluding hydrogens is 497 g/mol. The molecule has 0 aliphatic carbocycles. The second kappa shape index (κ2) is 9.90. The molecule has 1 aliphatic heterocycles. The zero-order valence-electron chi connectivity index (χ0n) is 19.1. The van der Waals surface area contributed by atoms with Crippen LogP contribution in [0.1, 0.15) is 21.7 Å². The summed E-state index contributed by atoms with van der Waals surface area (Å²) in [5.74, 6) is 0.453. The van der Waals surface area contributed by atoms with E-state index in [1.807, 2.05) is 42.5 Å². The maximum absolute atomic E-state index is 13.6. The highest BCUT2D eigenvalue weighted by atomic mass is 35.5. The van der Waals surface area contributed by atoms with Gasteiger partial charge in [0.1, 0.15) is 11.5 Å². The number of ether oxygens (including phenoxy) is 1. The second-order valence-corrected chi connectivity index (χ2v) is 8.76. The monoisotopic (exact) mass is 515 g/mol. The fraction of sp³-hybridized carbons (Fsp3) is 0.0345. The van der Waals surface area contributed by atoms with Gasteiger partial charge in [0.05, 0.1) is 34.1 Å². The molecule has 0 radical (unpaired) electrons. The molecule has 178 valence electrons. The number of anilines is 1. The Balaban J connectivity index is 1.51. The van der Waals surface area contributed by atoms with E-state index in [2.05, 4.69) is 0 Å². The molecule has 0 saturated heterocycles. The molecule has 0 fully saturated rings. The molecule has 36 heavy (non-hydrogen) atoms. The molecule has 1 amide bonds. The first-order chi connectivity index (χ1) is 17.5. The van der Waals surface area contributed by atoms with Gasteiger partial charge in [0.15, 0.2) is 0 Å². The minimum atomic E-state index is -0.406. The van der Waals surface area contributed by atoms with Gasteiger partial charge in [-0.2, -0.15) is 0 Å². The van der Waals surface area contributed by atoms with E-state index in [-0.39, 0.29) is 5.91 Å². The highest BCUT2D eigenvalue weighted by Gasteiger charge is 2.32. The summed E-state index contributed by atoms with van der Waals surface area (Å²) < 4.78 is 10.7. The van der Waals surface area contributed by atoms with Gasteiger partial charge in [-0.3, -0.25) is 9.69 Å². The van der Waals surface area contributed by atoms with Crippen LogP contribution in [0.2, 0.25) is 10.0 Å². The summed E-state index contributed by atoms with van der Waals surface area (Å²) >= 11 is 12.7. The Morgan fingerprint density at radius 2 is 1.64 bits per heavy atom. The molecule has 3 aromatic carbocycles. The first kappa shape index (κ1) is 23.7. The molecule has 0 saturated carbocycles. The minimum Gasteiger partial charge on any atom is -0.465 e. The number of rotatable bonds is 5. The predicted molar refractivity (Wildman–Crippen MR) is 142 cm³/mol. The number of benzene rings is 3. The van der Waals surface area contributed by atoms with Gasteiger partial charge in [-0.1, -0.05) is 71.7 Å². The lowest BCUT2D eigenvalue weighted by molar-refractivity contribution is -0.113. The maximum Gasteiger partial charge on any atom is 0.337 e. The van der Waals surface area contributed by atoms with Gasteiger partial charge >= 0.3 is 5.97 Å². The SMILES string of the molecule is COC(=O)c1ccc(-c2ccc(/C=C3\C=C(c4ccccc4)N(c4cccc(Cl)c4Cl)C3=O)o2)cc1. The number of amides is 1. The first-order valence-corrected chi connectivity index (χ1v) is 11.8. The number of methoxy groups -OCH3 is 1. The van der Waals surface area contributed by atoms with Crippen LogP contribution in [0.4, 0.5) is 5.69 Å². The van der Waals surface area contributed by atoms with E-state index in [1.165, 1.54) is 7.11 Å². The van der Waals surface area contributed by atoms with Crippen LogP contribution in [-0.4, -0.2) is 19.0 Å². The number of halogens is 2. The lowest BCUT2D eigenvalue weighted by Crippen LogP contribution is -2.25. The van der Waals surface area contributed by atoms with E-state index in [0.717, 1.165) is 11.1 Å². The van der Waals surface area contributed by atoms with Gasteiger partial charge in [0, 0.05) is 11.1 Å². The summed E-state index contributed by atoms with van der Waals surface area (Å²) in [6.07, 6.45) is 3.50. The van der Waals surface area contributed by atoms with Crippen molar-refractivity contribution in [3.63, 3.8) is 0 Å². The molecule has 2 heterocycles. The smallest absolute Gasteiger partial charge is 0.337 e. The summed E-state index contributed by atoms with van der Waals surface area (Å²) in [7, 11) is 1.34. The van der Waals surface area contributed by atoms with E-state index >= 15 is 0 Å². The predicted octanol–water partition coefficient (Wildman–Crippen LogP) is 7.51. The number of esters is 1. The van der Waals surface area contributed by atoms with Gasteiger partial charge in [-0.15, -0.1) is 0 Å². The average molecular weight is 516 g/mol. The van der Waals surface area contributed by atoms with Crippen LogP contribution in [0.5, 0.6) is 0 Å². The molecule has 0 N–H and O–H groups in total. The maximum atomic E-state index is 13.6. The molecule has 5 rings (SSSR count). The number of carbonyl (C=O) groups is 2. The van der Waals surface area contributed by atoms with Gasteiger partial charge < -0.3 is 9.15 Å². The Bertz CT molecular complexity index is 1520. The minimum absolute atomic E-state index is 0.251. The summed E-state index contributed by atoms with van der Waals surface area (Å²) in [6.45, 7) is 0. The number of hydrogen-bond donors (Lipinski definition) is 0. The van der Waals surface area contributed by atoms with E-state index < -0.39 is 5.97 Å². The number of carbonyl (C=O) groups excluding carboxylic acids is 2. The van der Waals surface area contributed by atoms with Gasteiger partial charge in [-0.05, 0) is 54.1 Å². The van der Waals surface area contributed by atoms with E-state index in [1.54, 1.807) is 59.5 Å². The van der Waals surface area contributed by atoms with Crippen LogP contribution in [0.25, 0.3) is 23.1 Å². The quantitative estimate of drug-likeness (QED) is 0.204. The van der Waals surface area contributed by atoms with Crippen molar-refractivity contribution in [3.8, 4) is 11.3 Å². The van der Waals surface area contributed by atoms with Crippen molar-refractivity contribution >= 4 is 52.5 Å². The van der Waals surface area contributed by atoms with Gasteiger partial charge in [0.25, 0.3) is 5.91 Å². The Labute approximate surface area is 217 Å². The zero-order valence-corrected chi connectivity index (χ0v) is 20.6. The molecule has 5 nitrogen and oxygen atoms in total. The normalized spacial score (nSPS) is 14.3. The van der Waals surface area contributed by atoms with Crippen molar-refractivity contribution in [1.29, 1.82) is 0 Å². The third-order valence-corrected chi connectivity index (χ3v) is 6.55. The molecule has 1 aromatic heterocycles. The molecule has 0 bridgehead atoms. The van der Waals surface area contributed by atoms with Gasteiger partial charge in [-0.25, -0.2) is 4.79 Å². The average Bonchev–Trinajstić information content (AvgIpc) is 3.51. The number of nitrogens with zero attached hydrogens (tertiary/aromatic N) is 1. The fourth-order valence-corrected chi connectivity index (χ4v) is 4.35. The topological polar surface area (TPSA) is 59.8 Å². The van der Waals surface area contributed by atoms with Crippen LogP contribution in [0.15, 0.2) is 101 Å². The van der Waals surface area contributed by atoms with Crippen molar-refractivity contribution in [1.82, 2.24) is 0 Å². The largest absolute Gasteiger partial charge is 0.465 e. The van der Waals surface area contributed by atoms with Crippen molar-refractivity contribution in [3.05, 3.63) is 124 Å². The van der Waals surface area contributed by atoms with Crippen LogP contribution in [-0.2, 0) is 9.53 Å². The van der Waals surface area contributed by atoms with Crippen LogP contribution in [0.3, 0.4) is 0 Å². The molecule has 0 atom stereocenters. The van der Waals surface area contributed by atoms with Crippen molar-refractivity contribution in [2.24, 2.45) is 0 Å². The number of furan rings is 1. The van der Waals surface area contributed by atoms with E-state index in [0.29, 0.717) is 44.1 Å². The molecular formula is C29H19Cl2NO4. The van der Waals surface area contributed by atoms with E-state index in [9.17, 15) is 9.59 Å². The Morgan fingerprint density at radius 3 is 2.36 bits per heavy atom. The number of hydrogen-bond acceptors (Lipinski definition) is 4. The van der Waals surface area contributed by atoms with Crippen molar-refractivity contribution in [2.45, 2.75) is 0 Å². The zero-order chi connectivity index (χ0) is 25.2. The highest BCUT2D eigenvalue weighted by Crippen LogP contribution is 2.41. The molecule has 0 spiro atoms. The lowest BCUT2D eigenvalue weighted by atomic mass is 10.1. The molecule has 7 heteroatoms. The standard InChI is InChI=1S/C29H19Cl2NO4/c1-35-29(34)20-12-10-19(11-13-20)26-15-14-22(36-26)16-21-17-25(18-6-3-2-4-7-18)32(28(21)33)24-9-5-8-23(30)27(24)31/h2-17H,1H3/b21-16+. The summed E-state index contributed by atoms with van der Waals surface area (Å²) in [5.41, 5.74) is 3.71. The Morgan fingerprint density at radius 1 is 0.889 bits per heavy atom. The molecule has 1 aliphatic rings. The Kier molecular flexibility index (Phi) is 6.51. The Hall–Kier alpha value is -4.06. The first-order valence-electron chi connectivity index (χ1n) is 11.0. The summed E-state index contributed by atoms with van der Waals surface area (Å²) in [6, 6.07) is 25.3. The van der Waals surface area contributed by atoms with Crippen LogP contribution < -0.4 is 4.90 Å². The fourth-order valence-electron chi connectivity index (χ4n) is 3.97. The van der Waals surface area contributed by atoms with Crippen LogP contribution >= 0.6 is 23.2 Å². The third kappa shape index (κ3) is 4.47. The lowest BCUT2D eigenvalue weighted by Gasteiger charge is -2.22. The van der Waals surface area contributed by atoms with Gasteiger partial charge in [0.2, 0.25) is 0 Å². The molecule has 4 aromatic rings. The summed E-state index contributed by atoms with van der Waals surface area (Å²) in [5, 5.41) is 0.659. The summed E-state index contributed by atoms with van der Waals surface area (Å²) in [4.78, 5) is 26.8. The molecule has 0 unspecified atom stereocenters. The van der Waals surface area contributed by atoms with Crippen molar-refractivity contribution in [2.75, 3.05) is 12.0 Å². The van der Waals surface area contributed by atoms with Crippen LogP contribution in [0, 0.1) is 0 Å². The third-order valence-electron chi connectivity index (χ3n) is 5.74. The van der Waals surface area contributed by atoms with Crippen molar-refractivity contribution < 1.29 is 18.7 Å². The highest BCUT2D eigenvalue weighted by molar-refractivity contribution is 6.44.